The average Bonchev–Trinajstić information content (AvgIpc) is 2.55. The van der Waals surface area contributed by atoms with Gasteiger partial charge in [-0.05, 0) is 24.1 Å². The minimum absolute atomic E-state index is 0.0199. The van der Waals surface area contributed by atoms with Gasteiger partial charge in [0.25, 0.3) is 0 Å². The third-order valence-corrected chi connectivity index (χ3v) is 3.87. The Kier molecular flexibility index (Phi) is 6.61. The van der Waals surface area contributed by atoms with E-state index in [9.17, 15) is 9.18 Å². The van der Waals surface area contributed by atoms with E-state index in [2.05, 4.69) is 10.2 Å². The summed E-state index contributed by atoms with van der Waals surface area (Å²) in [5.74, 6) is -0.237. The zero-order valence-electron chi connectivity index (χ0n) is 13.1. The average molecular weight is 309 g/mol. The molecule has 1 aromatic rings. The van der Waals surface area contributed by atoms with E-state index in [1.54, 1.807) is 19.2 Å². The first-order valence-electron chi connectivity index (χ1n) is 7.67. The molecule has 1 aliphatic heterocycles. The number of carbonyl (C=O) groups excluding carboxylic acids is 1. The van der Waals surface area contributed by atoms with E-state index in [0.29, 0.717) is 13.0 Å². The molecule has 0 aromatic heterocycles. The summed E-state index contributed by atoms with van der Waals surface area (Å²) in [6, 6.07) is 6.35. The number of amides is 2. The van der Waals surface area contributed by atoms with Crippen LogP contribution in [0.5, 0.6) is 0 Å². The molecule has 22 heavy (non-hydrogen) atoms. The molecule has 1 heterocycles. The first-order chi connectivity index (χ1) is 10.7. The van der Waals surface area contributed by atoms with Gasteiger partial charge >= 0.3 is 6.03 Å². The SMILES string of the molecule is COCCN1CCN(C(=O)NCCc2ccc(F)cc2)CC1. The van der Waals surface area contributed by atoms with E-state index in [-0.39, 0.29) is 11.8 Å². The molecule has 0 atom stereocenters. The zero-order valence-corrected chi connectivity index (χ0v) is 13.1. The van der Waals surface area contributed by atoms with Gasteiger partial charge in [0.1, 0.15) is 5.82 Å². The minimum atomic E-state index is -0.237. The molecule has 2 amide bonds. The fourth-order valence-electron chi connectivity index (χ4n) is 2.47. The second-order valence-electron chi connectivity index (χ2n) is 5.43. The summed E-state index contributed by atoms with van der Waals surface area (Å²) in [6.07, 6.45) is 0.708. The first-order valence-corrected chi connectivity index (χ1v) is 7.67. The van der Waals surface area contributed by atoms with Crippen molar-refractivity contribution >= 4 is 6.03 Å². The fraction of sp³-hybridized carbons (Fsp3) is 0.562. The van der Waals surface area contributed by atoms with Crippen LogP contribution in [0.3, 0.4) is 0 Å². The molecule has 1 N–H and O–H groups in total. The second-order valence-corrected chi connectivity index (χ2v) is 5.43. The van der Waals surface area contributed by atoms with Gasteiger partial charge in [0.15, 0.2) is 0 Å². The third-order valence-electron chi connectivity index (χ3n) is 3.87. The van der Waals surface area contributed by atoms with Gasteiger partial charge < -0.3 is 15.0 Å². The Morgan fingerprint density at radius 3 is 2.55 bits per heavy atom. The van der Waals surface area contributed by atoms with Crippen molar-refractivity contribution in [1.82, 2.24) is 15.1 Å². The molecule has 2 rings (SSSR count). The van der Waals surface area contributed by atoms with Crippen molar-refractivity contribution in [2.75, 3.05) is 53.0 Å². The van der Waals surface area contributed by atoms with Crippen LogP contribution in [0.1, 0.15) is 5.56 Å². The fourth-order valence-corrected chi connectivity index (χ4v) is 2.47. The Labute approximate surface area is 131 Å². The first kappa shape index (κ1) is 16.7. The molecule has 1 aliphatic rings. The lowest BCUT2D eigenvalue weighted by molar-refractivity contribution is 0.106. The molecule has 0 spiro atoms. The highest BCUT2D eigenvalue weighted by molar-refractivity contribution is 5.74. The standard InChI is InChI=1S/C16H24FN3O2/c1-22-13-12-19-8-10-20(11-9-19)16(21)18-7-6-14-2-4-15(17)5-3-14/h2-5H,6-13H2,1H3,(H,18,21). The Balaban J connectivity index is 1.64. The van der Waals surface area contributed by atoms with Crippen LogP contribution in [-0.2, 0) is 11.2 Å². The van der Waals surface area contributed by atoms with Gasteiger partial charge in [-0.25, -0.2) is 9.18 Å². The van der Waals surface area contributed by atoms with Gasteiger partial charge in [-0.3, -0.25) is 4.90 Å². The molecule has 0 radical (unpaired) electrons. The largest absolute Gasteiger partial charge is 0.383 e. The number of piperazine rings is 1. The van der Waals surface area contributed by atoms with E-state index in [1.807, 2.05) is 4.90 Å². The molecule has 0 saturated carbocycles. The number of nitrogens with zero attached hydrogens (tertiary/aromatic N) is 2. The minimum Gasteiger partial charge on any atom is -0.383 e. The molecule has 0 aliphatic carbocycles. The predicted molar refractivity (Wildman–Crippen MR) is 83.4 cm³/mol. The molecular formula is C16H24FN3O2. The number of halogens is 1. The molecule has 6 heteroatoms. The van der Waals surface area contributed by atoms with Crippen LogP contribution in [0, 0.1) is 5.82 Å². The molecular weight excluding hydrogens is 285 g/mol. The highest BCUT2D eigenvalue weighted by atomic mass is 19.1. The van der Waals surface area contributed by atoms with E-state index in [4.69, 9.17) is 4.74 Å². The monoisotopic (exact) mass is 309 g/mol. The van der Waals surface area contributed by atoms with Crippen molar-refractivity contribution in [3.05, 3.63) is 35.6 Å². The summed E-state index contributed by atoms with van der Waals surface area (Å²) >= 11 is 0. The Morgan fingerprint density at radius 1 is 1.23 bits per heavy atom. The van der Waals surface area contributed by atoms with Crippen LogP contribution in [0.2, 0.25) is 0 Å². The number of rotatable bonds is 6. The number of hydrogen-bond donors (Lipinski definition) is 1. The van der Waals surface area contributed by atoms with E-state index < -0.39 is 0 Å². The van der Waals surface area contributed by atoms with Gasteiger partial charge in [-0.2, -0.15) is 0 Å². The molecule has 0 unspecified atom stereocenters. The molecule has 1 fully saturated rings. The summed E-state index contributed by atoms with van der Waals surface area (Å²) in [6.45, 7) is 5.45. The normalized spacial score (nSPS) is 15.8. The second kappa shape index (κ2) is 8.70. The summed E-state index contributed by atoms with van der Waals surface area (Å²) in [5.41, 5.74) is 1.02. The number of carbonyl (C=O) groups is 1. The van der Waals surface area contributed by atoms with Crippen LogP contribution in [0.4, 0.5) is 9.18 Å². The van der Waals surface area contributed by atoms with Gasteiger partial charge in [0.2, 0.25) is 0 Å². The summed E-state index contributed by atoms with van der Waals surface area (Å²) in [5, 5.41) is 2.92. The maximum atomic E-state index is 12.8. The topological polar surface area (TPSA) is 44.8 Å². The summed E-state index contributed by atoms with van der Waals surface area (Å²) in [7, 11) is 1.70. The highest BCUT2D eigenvalue weighted by Gasteiger charge is 2.20. The summed E-state index contributed by atoms with van der Waals surface area (Å²) in [4.78, 5) is 16.2. The number of methoxy groups -OCH3 is 1. The van der Waals surface area contributed by atoms with Crippen molar-refractivity contribution in [3.8, 4) is 0 Å². The number of urea groups is 1. The zero-order chi connectivity index (χ0) is 15.8. The van der Waals surface area contributed by atoms with Crippen LogP contribution in [-0.4, -0.2) is 68.8 Å². The van der Waals surface area contributed by atoms with Crippen molar-refractivity contribution in [2.45, 2.75) is 6.42 Å². The maximum Gasteiger partial charge on any atom is 0.317 e. The van der Waals surface area contributed by atoms with Gasteiger partial charge in [0.05, 0.1) is 6.61 Å². The molecule has 122 valence electrons. The predicted octanol–water partition coefficient (Wildman–Crippen LogP) is 1.34. The molecule has 0 bridgehead atoms. The van der Waals surface area contributed by atoms with Gasteiger partial charge in [-0.1, -0.05) is 12.1 Å². The van der Waals surface area contributed by atoms with Crippen molar-refractivity contribution in [1.29, 1.82) is 0 Å². The third kappa shape index (κ3) is 5.27. The number of ether oxygens (including phenoxy) is 1. The van der Waals surface area contributed by atoms with Crippen molar-refractivity contribution in [3.63, 3.8) is 0 Å². The quantitative estimate of drug-likeness (QED) is 0.862. The molecule has 5 nitrogen and oxygen atoms in total. The molecule has 1 saturated heterocycles. The lowest BCUT2D eigenvalue weighted by Crippen LogP contribution is -2.52. The number of nitrogens with one attached hydrogen (secondary N) is 1. The highest BCUT2D eigenvalue weighted by Crippen LogP contribution is 2.04. The van der Waals surface area contributed by atoms with E-state index >= 15 is 0 Å². The van der Waals surface area contributed by atoms with Gasteiger partial charge in [-0.15, -0.1) is 0 Å². The van der Waals surface area contributed by atoms with Crippen LogP contribution >= 0.6 is 0 Å². The Bertz CT molecular complexity index is 459. The lowest BCUT2D eigenvalue weighted by atomic mass is 10.1. The van der Waals surface area contributed by atoms with E-state index in [1.165, 1.54) is 12.1 Å². The Hall–Kier alpha value is -1.66. The van der Waals surface area contributed by atoms with Gasteiger partial charge in [0, 0.05) is 46.4 Å². The Morgan fingerprint density at radius 2 is 1.91 bits per heavy atom. The molecule has 1 aromatic carbocycles. The van der Waals surface area contributed by atoms with Crippen LogP contribution in [0.25, 0.3) is 0 Å². The maximum absolute atomic E-state index is 12.8. The number of hydrogen-bond acceptors (Lipinski definition) is 3. The van der Waals surface area contributed by atoms with Crippen LogP contribution < -0.4 is 5.32 Å². The van der Waals surface area contributed by atoms with E-state index in [0.717, 1.165) is 44.9 Å². The lowest BCUT2D eigenvalue weighted by Gasteiger charge is -2.34. The van der Waals surface area contributed by atoms with Crippen molar-refractivity contribution in [2.24, 2.45) is 0 Å². The number of benzene rings is 1. The summed E-state index contributed by atoms with van der Waals surface area (Å²) < 4.78 is 17.9. The smallest absolute Gasteiger partial charge is 0.317 e. The van der Waals surface area contributed by atoms with Crippen LogP contribution in [0.15, 0.2) is 24.3 Å². The van der Waals surface area contributed by atoms with Crippen molar-refractivity contribution < 1.29 is 13.9 Å².